The van der Waals surface area contributed by atoms with Gasteiger partial charge in [0.1, 0.15) is 0 Å². The van der Waals surface area contributed by atoms with Crippen molar-refractivity contribution < 1.29 is 14.7 Å². The standard InChI is InChI=1S/C21H28N2O3/c24-20(25)13-17-8-12-23(21(26)16-5-6-16)14-18(17)9-11-22-10-7-15-3-1-2-4-19(15)22/h1-4,16-18H,5-14H2,(H,24,25)/t17-,18+/m0/s1. The number of carbonyl (C=O) groups is 2. The molecule has 0 unspecified atom stereocenters. The second-order valence-corrected chi connectivity index (χ2v) is 8.12. The molecule has 1 saturated heterocycles. The molecule has 26 heavy (non-hydrogen) atoms. The molecule has 1 aliphatic carbocycles. The van der Waals surface area contributed by atoms with Gasteiger partial charge in [-0.3, -0.25) is 9.59 Å². The number of para-hydroxylation sites is 1. The van der Waals surface area contributed by atoms with Crippen molar-refractivity contribution >= 4 is 17.6 Å². The fourth-order valence-corrected chi connectivity index (χ4v) is 4.65. The minimum Gasteiger partial charge on any atom is -0.481 e. The molecule has 5 heteroatoms. The molecule has 140 valence electrons. The van der Waals surface area contributed by atoms with E-state index in [4.69, 9.17) is 0 Å². The zero-order valence-electron chi connectivity index (χ0n) is 15.3. The van der Waals surface area contributed by atoms with E-state index in [1.54, 1.807) is 0 Å². The molecule has 2 aliphatic heterocycles. The first-order chi connectivity index (χ1) is 12.6. The van der Waals surface area contributed by atoms with Gasteiger partial charge in [-0.1, -0.05) is 18.2 Å². The minimum absolute atomic E-state index is 0.189. The summed E-state index contributed by atoms with van der Waals surface area (Å²) in [5.74, 6) is 0.310. The van der Waals surface area contributed by atoms with Crippen LogP contribution in [0.2, 0.25) is 0 Å². The van der Waals surface area contributed by atoms with Gasteiger partial charge >= 0.3 is 5.97 Å². The highest BCUT2D eigenvalue weighted by atomic mass is 16.4. The van der Waals surface area contributed by atoms with E-state index in [0.29, 0.717) is 5.91 Å². The van der Waals surface area contributed by atoms with Crippen molar-refractivity contribution in [1.29, 1.82) is 0 Å². The number of anilines is 1. The Hall–Kier alpha value is -2.04. The van der Waals surface area contributed by atoms with Crippen molar-refractivity contribution in [3.05, 3.63) is 29.8 Å². The number of piperidine rings is 1. The lowest BCUT2D eigenvalue weighted by Gasteiger charge is -2.39. The number of carbonyl (C=O) groups excluding carboxylic acids is 1. The molecular weight excluding hydrogens is 328 g/mol. The first-order valence-electron chi connectivity index (χ1n) is 9.95. The molecule has 1 saturated carbocycles. The molecule has 2 atom stereocenters. The summed E-state index contributed by atoms with van der Waals surface area (Å²) in [6, 6.07) is 8.55. The Balaban J connectivity index is 1.40. The first-order valence-corrected chi connectivity index (χ1v) is 9.95. The Morgan fingerprint density at radius 2 is 1.88 bits per heavy atom. The summed E-state index contributed by atoms with van der Waals surface area (Å²) in [6.45, 7) is 3.46. The zero-order chi connectivity index (χ0) is 18.1. The van der Waals surface area contributed by atoms with Gasteiger partial charge in [0, 0.05) is 44.2 Å². The summed E-state index contributed by atoms with van der Waals surface area (Å²) >= 11 is 0. The Labute approximate surface area is 155 Å². The number of nitrogens with zero attached hydrogens (tertiary/aromatic N) is 2. The molecule has 3 aliphatic rings. The number of benzene rings is 1. The van der Waals surface area contributed by atoms with Crippen LogP contribution in [-0.4, -0.2) is 48.1 Å². The number of rotatable bonds is 6. The smallest absolute Gasteiger partial charge is 0.303 e. The largest absolute Gasteiger partial charge is 0.481 e. The number of likely N-dealkylation sites (tertiary alicyclic amines) is 1. The van der Waals surface area contributed by atoms with Crippen molar-refractivity contribution in [3.8, 4) is 0 Å². The molecule has 2 fully saturated rings. The molecule has 5 nitrogen and oxygen atoms in total. The molecule has 1 aromatic carbocycles. The third kappa shape index (κ3) is 3.71. The molecule has 1 aromatic rings. The lowest BCUT2D eigenvalue weighted by molar-refractivity contribution is -0.140. The molecule has 1 amide bonds. The third-order valence-electron chi connectivity index (χ3n) is 6.32. The van der Waals surface area contributed by atoms with Gasteiger partial charge in [0.05, 0.1) is 0 Å². The van der Waals surface area contributed by atoms with Crippen LogP contribution in [0.1, 0.15) is 37.7 Å². The van der Waals surface area contributed by atoms with Crippen molar-refractivity contribution in [3.63, 3.8) is 0 Å². The summed E-state index contributed by atoms with van der Waals surface area (Å²) in [6.07, 6.45) is 5.16. The zero-order valence-corrected chi connectivity index (χ0v) is 15.3. The first kappa shape index (κ1) is 17.4. The highest BCUT2D eigenvalue weighted by molar-refractivity contribution is 5.81. The Kier molecular flexibility index (Phi) is 4.88. The van der Waals surface area contributed by atoms with E-state index in [0.717, 1.165) is 58.3 Å². The molecule has 0 spiro atoms. The van der Waals surface area contributed by atoms with E-state index >= 15 is 0 Å². The molecule has 2 heterocycles. The van der Waals surface area contributed by atoms with Crippen molar-refractivity contribution in [2.45, 2.75) is 38.5 Å². The van der Waals surface area contributed by atoms with Crippen LogP contribution in [0.3, 0.4) is 0 Å². The second kappa shape index (κ2) is 7.29. The van der Waals surface area contributed by atoms with Gasteiger partial charge in [-0.15, -0.1) is 0 Å². The number of hydrogen-bond donors (Lipinski definition) is 1. The molecule has 0 aromatic heterocycles. The van der Waals surface area contributed by atoms with Crippen LogP contribution in [-0.2, 0) is 16.0 Å². The van der Waals surface area contributed by atoms with Gasteiger partial charge in [-0.25, -0.2) is 0 Å². The topological polar surface area (TPSA) is 60.9 Å². The van der Waals surface area contributed by atoms with Crippen LogP contribution < -0.4 is 4.90 Å². The van der Waals surface area contributed by atoms with Crippen LogP contribution in [0.25, 0.3) is 0 Å². The van der Waals surface area contributed by atoms with E-state index in [-0.39, 0.29) is 24.2 Å². The molecule has 1 N–H and O–H groups in total. The number of carboxylic acid groups (broad SMARTS) is 1. The normalized spacial score (nSPS) is 25.2. The third-order valence-corrected chi connectivity index (χ3v) is 6.32. The van der Waals surface area contributed by atoms with Crippen LogP contribution >= 0.6 is 0 Å². The summed E-state index contributed by atoms with van der Waals surface area (Å²) in [4.78, 5) is 28.2. The predicted molar refractivity (Wildman–Crippen MR) is 100 cm³/mol. The highest BCUT2D eigenvalue weighted by Crippen LogP contribution is 2.36. The lowest BCUT2D eigenvalue weighted by atomic mass is 9.81. The van der Waals surface area contributed by atoms with Crippen LogP contribution in [0.4, 0.5) is 5.69 Å². The highest BCUT2D eigenvalue weighted by Gasteiger charge is 2.38. The number of hydrogen-bond acceptors (Lipinski definition) is 3. The fraction of sp³-hybridized carbons (Fsp3) is 0.619. The number of fused-ring (bicyclic) bond motifs is 1. The maximum Gasteiger partial charge on any atom is 0.303 e. The van der Waals surface area contributed by atoms with Crippen LogP contribution in [0.5, 0.6) is 0 Å². The van der Waals surface area contributed by atoms with Gasteiger partial charge in [0.2, 0.25) is 5.91 Å². The van der Waals surface area contributed by atoms with E-state index < -0.39 is 5.97 Å². The number of aliphatic carboxylic acids is 1. The molecule has 4 rings (SSSR count). The van der Waals surface area contributed by atoms with Gasteiger partial charge in [0.25, 0.3) is 0 Å². The van der Waals surface area contributed by atoms with Gasteiger partial charge < -0.3 is 14.9 Å². The maximum absolute atomic E-state index is 12.5. The Bertz CT molecular complexity index is 686. The van der Waals surface area contributed by atoms with Gasteiger partial charge in [-0.2, -0.15) is 0 Å². The lowest BCUT2D eigenvalue weighted by Crippen LogP contribution is -2.45. The molecular formula is C21H28N2O3. The van der Waals surface area contributed by atoms with E-state index in [1.807, 2.05) is 4.90 Å². The minimum atomic E-state index is -0.714. The molecule has 0 bridgehead atoms. The summed E-state index contributed by atoms with van der Waals surface area (Å²) in [5, 5.41) is 9.28. The van der Waals surface area contributed by atoms with Crippen molar-refractivity contribution in [1.82, 2.24) is 4.90 Å². The van der Waals surface area contributed by atoms with Gasteiger partial charge in [0.15, 0.2) is 0 Å². The maximum atomic E-state index is 12.5. The average molecular weight is 356 g/mol. The quantitative estimate of drug-likeness (QED) is 0.851. The summed E-state index contributed by atoms with van der Waals surface area (Å²) < 4.78 is 0. The van der Waals surface area contributed by atoms with E-state index in [1.165, 1.54) is 11.3 Å². The molecule has 0 radical (unpaired) electrons. The van der Waals surface area contributed by atoms with Crippen LogP contribution in [0.15, 0.2) is 24.3 Å². The Morgan fingerprint density at radius 1 is 1.08 bits per heavy atom. The monoisotopic (exact) mass is 356 g/mol. The second-order valence-electron chi connectivity index (χ2n) is 8.12. The van der Waals surface area contributed by atoms with Gasteiger partial charge in [-0.05, 0) is 55.6 Å². The van der Waals surface area contributed by atoms with Crippen molar-refractivity contribution in [2.75, 3.05) is 31.1 Å². The summed E-state index contributed by atoms with van der Waals surface area (Å²) in [5.41, 5.74) is 2.73. The number of carboxylic acids is 1. The van der Waals surface area contributed by atoms with Crippen molar-refractivity contribution in [2.24, 2.45) is 17.8 Å². The Morgan fingerprint density at radius 3 is 2.65 bits per heavy atom. The van der Waals surface area contributed by atoms with E-state index in [2.05, 4.69) is 29.2 Å². The summed E-state index contributed by atoms with van der Waals surface area (Å²) in [7, 11) is 0. The van der Waals surface area contributed by atoms with E-state index in [9.17, 15) is 14.7 Å². The average Bonchev–Trinajstić information content (AvgIpc) is 3.40. The fourth-order valence-electron chi connectivity index (χ4n) is 4.65. The van der Waals surface area contributed by atoms with Crippen LogP contribution in [0, 0.1) is 17.8 Å². The SMILES string of the molecule is O=C(O)C[C@@H]1CCN(C(=O)C2CC2)C[C@H]1CCN1CCc2ccccc21. The predicted octanol–water partition coefficient (Wildman–Crippen LogP) is 2.79. The number of amides is 1.